The maximum Gasteiger partial charge on any atom is 0.135 e. The Kier molecular flexibility index (Phi) is 4.92. The van der Waals surface area contributed by atoms with Gasteiger partial charge in [-0.15, -0.1) is 34.8 Å². The van der Waals surface area contributed by atoms with Crippen molar-refractivity contribution in [1.29, 1.82) is 0 Å². The van der Waals surface area contributed by atoms with E-state index in [0.29, 0.717) is 15.6 Å². The second-order valence-electron chi connectivity index (χ2n) is 4.00. The first-order valence-electron chi connectivity index (χ1n) is 5.44. The van der Waals surface area contributed by atoms with Crippen LogP contribution >= 0.6 is 58.0 Å². The quantitative estimate of drug-likeness (QED) is 0.569. The molecule has 0 bridgehead atoms. The van der Waals surface area contributed by atoms with Crippen LogP contribution < -0.4 is 0 Å². The fourth-order valence-electron chi connectivity index (χ4n) is 1.86. The lowest BCUT2D eigenvalue weighted by Gasteiger charge is -2.30. The van der Waals surface area contributed by atoms with Gasteiger partial charge in [0.15, 0.2) is 0 Å². The van der Waals surface area contributed by atoms with Crippen molar-refractivity contribution in [3.8, 4) is 0 Å². The third-order valence-electron chi connectivity index (χ3n) is 2.82. The van der Waals surface area contributed by atoms with Gasteiger partial charge >= 0.3 is 0 Å². The van der Waals surface area contributed by atoms with Crippen molar-refractivity contribution < 1.29 is 0 Å². The van der Waals surface area contributed by atoms with Crippen LogP contribution in [0.5, 0.6) is 0 Å². The topological polar surface area (TPSA) is 0 Å². The van der Waals surface area contributed by atoms with Crippen LogP contribution in [0.25, 0.3) is 0 Å². The van der Waals surface area contributed by atoms with Gasteiger partial charge in [-0.1, -0.05) is 59.6 Å². The van der Waals surface area contributed by atoms with Crippen molar-refractivity contribution in [2.45, 2.75) is 9.71 Å². The van der Waals surface area contributed by atoms with E-state index in [9.17, 15) is 0 Å². The van der Waals surface area contributed by atoms with E-state index in [1.165, 1.54) is 0 Å². The second-order valence-corrected chi connectivity index (χ2v) is 6.54. The summed E-state index contributed by atoms with van der Waals surface area (Å²) in [4.78, 5) is -1.98. The molecule has 0 aliphatic rings. The van der Waals surface area contributed by atoms with Crippen molar-refractivity contribution >= 4 is 58.0 Å². The molecule has 2 aromatic rings. The molecule has 0 aliphatic heterocycles. The fraction of sp³-hybridized carbons (Fsp3) is 0.143. The van der Waals surface area contributed by atoms with E-state index >= 15 is 0 Å². The summed E-state index contributed by atoms with van der Waals surface area (Å²) in [5, 5.41) is 0.958. The van der Waals surface area contributed by atoms with Crippen LogP contribution in [0, 0.1) is 0 Å². The van der Waals surface area contributed by atoms with E-state index in [1.54, 1.807) is 18.2 Å². The minimum atomic E-state index is -1.12. The Morgan fingerprint density at radius 2 is 1.53 bits per heavy atom. The average molecular weight is 354 g/mol. The van der Waals surface area contributed by atoms with Gasteiger partial charge in [-0.3, -0.25) is 0 Å². The maximum atomic E-state index is 6.69. The van der Waals surface area contributed by atoms with Crippen LogP contribution in [0.3, 0.4) is 0 Å². The van der Waals surface area contributed by atoms with Gasteiger partial charge in [0.2, 0.25) is 0 Å². The molecule has 2 rings (SSSR count). The molecule has 0 radical (unpaired) electrons. The lowest BCUT2D eigenvalue weighted by atomic mass is 9.91. The van der Waals surface area contributed by atoms with Gasteiger partial charge in [-0.25, -0.2) is 0 Å². The van der Waals surface area contributed by atoms with Crippen LogP contribution in [0.1, 0.15) is 11.1 Å². The van der Waals surface area contributed by atoms with Crippen molar-refractivity contribution in [2.75, 3.05) is 0 Å². The zero-order valence-electron chi connectivity index (χ0n) is 9.59. The SMILES string of the molecule is Clc1ccc(C(Cl)(c2ccccc2)C(Cl)Cl)c(Cl)c1. The highest BCUT2D eigenvalue weighted by atomic mass is 35.5. The molecule has 0 amide bonds. The monoisotopic (exact) mass is 352 g/mol. The molecular formula is C14H9Cl5. The third kappa shape index (κ3) is 2.99. The smallest absolute Gasteiger partial charge is 0.106 e. The van der Waals surface area contributed by atoms with E-state index < -0.39 is 9.71 Å². The van der Waals surface area contributed by atoms with Gasteiger partial charge in [0, 0.05) is 10.0 Å². The third-order valence-corrected chi connectivity index (χ3v) is 4.88. The first-order chi connectivity index (χ1) is 8.96. The van der Waals surface area contributed by atoms with Crippen molar-refractivity contribution in [1.82, 2.24) is 0 Å². The number of hydrogen-bond acceptors (Lipinski definition) is 0. The molecule has 0 spiro atoms. The summed E-state index contributed by atoms with van der Waals surface area (Å²) in [5.74, 6) is 0. The summed E-state index contributed by atoms with van der Waals surface area (Å²) in [7, 11) is 0. The second kappa shape index (κ2) is 6.11. The van der Waals surface area contributed by atoms with Crippen LogP contribution in [-0.4, -0.2) is 4.84 Å². The van der Waals surface area contributed by atoms with Crippen molar-refractivity contribution in [3.63, 3.8) is 0 Å². The van der Waals surface area contributed by atoms with Gasteiger partial charge < -0.3 is 0 Å². The molecule has 0 aromatic heterocycles. The highest BCUT2D eigenvalue weighted by Crippen LogP contribution is 2.46. The molecule has 0 aliphatic carbocycles. The standard InChI is InChI=1S/C14H9Cl5/c15-10-6-7-11(12(16)8-10)14(19,13(17)18)9-4-2-1-3-5-9/h1-8,13H. The summed E-state index contributed by atoms with van der Waals surface area (Å²) in [5.41, 5.74) is 1.40. The summed E-state index contributed by atoms with van der Waals surface area (Å²) in [6.45, 7) is 0. The molecule has 19 heavy (non-hydrogen) atoms. The minimum Gasteiger partial charge on any atom is -0.106 e. The Morgan fingerprint density at radius 3 is 2.05 bits per heavy atom. The Bertz CT molecular complexity index is 567. The summed E-state index contributed by atoms with van der Waals surface area (Å²) in [6.07, 6.45) is 0. The molecule has 0 N–H and O–H groups in total. The van der Waals surface area contributed by atoms with Crippen molar-refractivity contribution in [2.24, 2.45) is 0 Å². The number of alkyl halides is 3. The van der Waals surface area contributed by atoms with Crippen molar-refractivity contribution in [3.05, 3.63) is 69.7 Å². The van der Waals surface area contributed by atoms with Gasteiger partial charge in [-0.05, 0) is 23.3 Å². The van der Waals surface area contributed by atoms with Gasteiger partial charge in [-0.2, -0.15) is 0 Å². The molecule has 0 saturated carbocycles. The first kappa shape index (κ1) is 15.3. The predicted molar refractivity (Wildman–Crippen MR) is 85.0 cm³/mol. The number of hydrogen-bond donors (Lipinski definition) is 0. The van der Waals surface area contributed by atoms with Crippen LogP contribution in [0.2, 0.25) is 10.0 Å². The molecule has 0 nitrogen and oxygen atoms in total. The Morgan fingerprint density at radius 1 is 0.895 bits per heavy atom. The molecule has 0 saturated heterocycles. The molecule has 1 unspecified atom stereocenters. The zero-order valence-corrected chi connectivity index (χ0v) is 13.4. The Labute approximate surface area is 137 Å². The summed E-state index contributed by atoms with van der Waals surface area (Å²) >= 11 is 31.0. The number of halogens is 5. The fourth-order valence-corrected chi connectivity index (χ4v) is 3.25. The summed E-state index contributed by atoms with van der Waals surface area (Å²) in [6, 6.07) is 14.4. The van der Waals surface area contributed by atoms with Gasteiger partial charge in [0.1, 0.15) is 9.71 Å². The summed E-state index contributed by atoms with van der Waals surface area (Å²) < 4.78 is 0. The zero-order chi connectivity index (χ0) is 14.0. The predicted octanol–water partition coefficient (Wildman–Crippen LogP) is 6.28. The highest BCUT2D eigenvalue weighted by Gasteiger charge is 2.40. The van der Waals surface area contributed by atoms with Crippen LogP contribution in [0.4, 0.5) is 0 Å². The van der Waals surface area contributed by atoms with E-state index in [-0.39, 0.29) is 0 Å². The van der Waals surface area contributed by atoms with Crippen LogP contribution in [-0.2, 0) is 4.87 Å². The molecular weight excluding hydrogens is 345 g/mol. The first-order valence-corrected chi connectivity index (χ1v) is 7.45. The lowest BCUT2D eigenvalue weighted by molar-refractivity contribution is 0.791. The van der Waals surface area contributed by atoms with Crippen LogP contribution in [0.15, 0.2) is 48.5 Å². The average Bonchev–Trinajstić information content (AvgIpc) is 2.38. The molecule has 2 aromatic carbocycles. The largest absolute Gasteiger partial charge is 0.135 e. The van der Waals surface area contributed by atoms with E-state index in [1.807, 2.05) is 30.3 Å². The molecule has 1 atom stereocenters. The molecule has 0 fully saturated rings. The van der Waals surface area contributed by atoms with E-state index in [2.05, 4.69) is 0 Å². The van der Waals surface area contributed by atoms with E-state index in [0.717, 1.165) is 5.56 Å². The van der Waals surface area contributed by atoms with Gasteiger partial charge in [0.25, 0.3) is 0 Å². The highest BCUT2D eigenvalue weighted by molar-refractivity contribution is 6.50. The maximum absolute atomic E-state index is 6.69. The van der Waals surface area contributed by atoms with Gasteiger partial charge in [0.05, 0.1) is 0 Å². The molecule has 0 heterocycles. The Hall–Kier alpha value is -0.110. The number of rotatable bonds is 3. The normalized spacial score (nSPS) is 14.4. The Balaban J connectivity index is 2.63. The lowest BCUT2D eigenvalue weighted by Crippen LogP contribution is -2.28. The van der Waals surface area contributed by atoms with E-state index in [4.69, 9.17) is 58.0 Å². The molecule has 5 heteroatoms. The minimum absolute atomic E-state index is 0.428. The molecule has 100 valence electrons. The number of benzene rings is 2.